The van der Waals surface area contributed by atoms with E-state index in [4.69, 9.17) is 0 Å². The van der Waals surface area contributed by atoms with Crippen molar-refractivity contribution in [2.45, 2.75) is 19.4 Å². The molecule has 0 radical (unpaired) electrons. The van der Waals surface area contributed by atoms with Gasteiger partial charge in [-0.1, -0.05) is 0 Å². The molecule has 0 amide bonds. The fourth-order valence-electron chi connectivity index (χ4n) is 1.30. The molecule has 0 aliphatic heterocycles. The Balaban J connectivity index is 2.56. The summed E-state index contributed by atoms with van der Waals surface area (Å²) < 4.78 is 1.65. The number of carbonyl (C=O) groups excluding carboxylic acids is 1. The maximum atomic E-state index is 10.3. The molecule has 5 nitrogen and oxygen atoms in total. The van der Waals surface area contributed by atoms with E-state index in [1.807, 2.05) is 20.0 Å². The van der Waals surface area contributed by atoms with Crippen LogP contribution in [0.15, 0.2) is 29.6 Å². The van der Waals surface area contributed by atoms with E-state index in [-0.39, 0.29) is 0 Å². The molecule has 0 unspecified atom stereocenters. The van der Waals surface area contributed by atoms with Gasteiger partial charge in [0.05, 0.1) is 11.7 Å². The van der Waals surface area contributed by atoms with E-state index in [9.17, 15) is 4.79 Å². The summed E-state index contributed by atoms with van der Waals surface area (Å²) in [5.41, 5.74) is 0.973. The zero-order chi connectivity index (χ0) is 10.9. The summed E-state index contributed by atoms with van der Waals surface area (Å²) in [5.74, 6) is 0. The minimum atomic E-state index is -0.616. The molecule has 2 heterocycles. The fraction of sp³-hybridized carbons (Fsp3) is 0.300. The molecule has 0 aliphatic rings. The zero-order valence-corrected chi connectivity index (χ0v) is 8.51. The molecule has 5 heteroatoms. The van der Waals surface area contributed by atoms with Crippen LogP contribution in [-0.2, 0) is 10.3 Å². The Bertz CT molecular complexity index is 537. The van der Waals surface area contributed by atoms with Crippen LogP contribution in [0.2, 0.25) is 0 Å². The largest absolute Gasteiger partial charge is 0.237 e. The molecule has 0 spiro atoms. The Morgan fingerprint density at radius 1 is 1.53 bits per heavy atom. The molecule has 0 fully saturated rings. The van der Waals surface area contributed by atoms with E-state index >= 15 is 0 Å². The predicted octanol–water partition coefficient (Wildman–Crippen LogP) is 1.30. The van der Waals surface area contributed by atoms with E-state index in [1.165, 1.54) is 0 Å². The molecule has 2 aromatic rings. The van der Waals surface area contributed by atoms with E-state index in [0.29, 0.717) is 0 Å². The first-order valence-electron chi connectivity index (χ1n) is 4.52. The van der Waals surface area contributed by atoms with Crippen molar-refractivity contribution in [1.82, 2.24) is 14.6 Å². The minimum Gasteiger partial charge on any atom is -0.237 e. The Labute approximate surface area is 86.5 Å². The minimum absolute atomic E-state index is 0.616. The molecule has 0 aromatic carbocycles. The molecule has 2 aromatic heterocycles. The van der Waals surface area contributed by atoms with Gasteiger partial charge in [-0.25, -0.2) is 14.3 Å². The van der Waals surface area contributed by atoms with E-state index in [2.05, 4.69) is 15.1 Å². The van der Waals surface area contributed by atoms with Crippen LogP contribution < -0.4 is 0 Å². The SMILES string of the molecule is CC(C)(N=C=O)c1cnc2ccnn2c1. The van der Waals surface area contributed by atoms with Gasteiger partial charge in [-0.05, 0) is 13.8 Å². The number of hydrogen-bond acceptors (Lipinski definition) is 4. The summed E-state index contributed by atoms with van der Waals surface area (Å²) in [6.07, 6.45) is 6.74. The number of aliphatic imine (C=N–C) groups is 1. The van der Waals surface area contributed by atoms with Crippen LogP contribution in [0.1, 0.15) is 19.4 Å². The molecule has 0 N–H and O–H groups in total. The molecule has 0 aliphatic carbocycles. The predicted molar refractivity (Wildman–Crippen MR) is 54.1 cm³/mol. The van der Waals surface area contributed by atoms with Crippen LogP contribution in [0.25, 0.3) is 5.65 Å². The van der Waals surface area contributed by atoms with Crippen molar-refractivity contribution in [3.8, 4) is 0 Å². The standard InChI is InChI=1S/C10H10N4O/c1-10(2,12-7-15)8-5-11-9-3-4-13-14(9)6-8/h3-6H,1-2H3. The number of isocyanates is 1. The van der Waals surface area contributed by atoms with Crippen LogP contribution in [0.5, 0.6) is 0 Å². The Morgan fingerprint density at radius 2 is 2.33 bits per heavy atom. The first-order valence-corrected chi connectivity index (χ1v) is 4.52. The molecule has 2 rings (SSSR count). The molecular weight excluding hydrogens is 192 g/mol. The molecule has 0 atom stereocenters. The maximum Gasteiger partial charge on any atom is 0.235 e. The molecule has 15 heavy (non-hydrogen) atoms. The van der Waals surface area contributed by atoms with Crippen molar-refractivity contribution in [3.63, 3.8) is 0 Å². The monoisotopic (exact) mass is 202 g/mol. The van der Waals surface area contributed by atoms with E-state index < -0.39 is 5.54 Å². The van der Waals surface area contributed by atoms with Crippen molar-refractivity contribution in [3.05, 3.63) is 30.2 Å². The van der Waals surface area contributed by atoms with Crippen LogP contribution in [0.4, 0.5) is 0 Å². The Morgan fingerprint density at radius 3 is 3.07 bits per heavy atom. The van der Waals surface area contributed by atoms with Gasteiger partial charge in [0, 0.05) is 24.0 Å². The number of rotatable bonds is 2. The van der Waals surface area contributed by atoms with Crippen LogP contribution in [0, 0.1) is 0 Å². The smallest absolute Gasteiger partial charge is 0.235 e. The van der Waals surface area contributed by atoms with Crippen LogP contribution >= 0.6 is 0 Å². The zero-order valence-electron chi connectivity index (χ0n) is 8.51. The third kappa shape index (κ3) is 1.65. The lowest BCUT2D eigenvalue weighted by molar-refractivity contribution is 0.519. The second-order valence-electron chi connectivity index (χ2n) is 3.74. The number of fused-ring (bicyclic) bond motifs is 1. The van der Waals surface area contributed by atoms with Gasteiger partial charge in [0.25, 0.3) is 0 Å². The van der Waals surface area contributed by atoms with Gasteiger partial charge in [-0.2, -0.15) is 10.1 Å². The molecule has 0 bridgehead atoms. The van der Waals surface area contributed by atoms with Crippen molar-refractivity contribution in [1.29, 1.82) is 0 Å². The van der Waals surface area contributed by atoms with Gasteiger partial charge in [0.2, 0.25) is 6.08 Å². The van der Waals surface area contributed by atoms with Gasteiger partial charge < -0.3 is 0 Å². The highest BCUT2D eigenvalue weighted by molar-refractivity contribution is 5.39. The summed E-state index contributed by atoms with van der Waals surface area (Å²) in [4.78, 5) is 18.2. The quantitative estimate of drug-likeness (QED) is 0.544. The highest BCUT2D eigenvalue weighted by atomic mass is 16.1. The van der Waals surface area contributed by atoms with Gasteiger partial charge in [-0.15, -0.1) is 0 Å². The second kappa shape index (κ2) is 3.29. The lowest BCUT2D eigenvalue weighted by Gasteiger charge is -2.16. The molecule has 0 saturated heterocycles. The van der Waals surface area contributed by atoms with Crippen molar-refractivity contribution in [2.75, 3.05) is 0 Å². The van der Waals surface area contributed by atoms with Gasteiger partial charge in [0.15, 0.2) is 5.65 Å². The van der Waals surface area contributed by atoms with Gasteiger partial charge >= 0.3 is 0 Å². The average Bonchev–Trinajstić information content (AvgIpc) is 2.63. The summed E-state index contributed by atoms with van der Waals surface area (Å²) in [7, 11) is 0. The molecule has 76 valence electrons. The van der Waals surface area contributed by atoms with Crippen LogP contribution in [-0.4, -0.2) is 20.7 Å². The third-order valence-corrected chi connectivity index (χ3v) is 2.28. The summed E-state index contributed by atoms with van der Waals surface area (Å²) in [6, 6.07) is 1.81. The van der Waals surface area contributed by atoms with E-state index in [1.54, 1.807) is 29.1 Å². The molecule has 0 saturated carbocycles. The third-order valence-electron chi connectivity index (χ3n) is 2.28. The summed E-state index contributed by atoms with van der Waals surface area (Å²) in [6.45, 7) is 3.65. The molecular formula is C10H10N4O. The number of aromatic nitrogens is 3. The lowest BCUT2D eigenvalue weighted by Crippen LogP contribution is -2.15. The normalized spacial score (nSPS) is 11.3. The number of nitrogens with zero attached hydrogens (tertiary/aromatic N) is 4. The Hall–Kier alpha value is -2.00. The second-order valence-corrected chi connectivity index (χ2v) is 3.74. The highest BCUT2D eigenvalue weighted by Gasteiger charge is 2.20. The first-order chi connectivity index (χ1) is 7.13. The van der Waals surface area contributed by atoms with Crippen molar-refractivity contribution in [2.24, 2.45) is 4.99 Å². The fourth-order valence-corrected chi connectivity index (χ4v) is 1.30. The topological polar surface area (TPSA) is 59.6 Å². The average molecular weight is 202 g/mol. The Kier molecular flexibility index (Phi) is 2.10. The summed E-state index contributed by atoms with van der Waals surface area (Å²) in [5, 5.41) is 4.07. The van der Waals surface area contributed by atoms with E-state index in [0.717, 1.165) is 11.2 Å². The van der Waals surface area contributed by atoms with Gasteiger partial charge in [0.1, 0.15) is 0 Å². The highest BCUT2D eigenvalue weighted by Crippen LogP contribution is 2.23. The summed E-state index contributed by atoms with van der Waals surface area (Å²) >= 11 is 0. The number of hydrogen-bond donors (Lipinski definition) is 0. The maximum absolute atomic E-state index is 10.3. The van der Waals surface area contributed by atoms with Crippen molar-refractivity contribution < 1.29 is 4.79 Å². The van der Waals surface area contributed by atoms with Crippen LogP contribution in [0.3, 0.4) is 0 Å². The lowest BCUT2D eigenvalue weighted by atomic mass is 9.99. The first kappa shape index (κ1) is 9.55. The van der Waals surface area contributed by atoms with Gasteiger partial charge in [-0.3, -0.25) is 0 Å². The van der Waals surface area contributed by atoms with Crippen molar-refractivity contribution >= 4 is 11.7 Å².